The van der Waals surface area contributed by atoms with Gasteiger partial charge in [0, 0.05) is 12.2 Å². The van der Waals surface area contributed by atoms with Crippen LogP contribution >= 0.6 is 0 Å². The van der Waals surface area contributed by atoms with E-state index in [0.29, 0.717) is 12.2 Å². The average molecular weight is 166 g/mol. The Hall–Kier alpha value is -1.71. The van der Waals surface area contributed by atoms with Gasteiger partial charge in [0.2, 0.25) is 0 Å². The van der Waals surface area contributed by atoms with Crippen molar-refractivity contribution in [2.45, 2.75) is 6.54 Å². The summed E-state index contributed by atoms with van der Waals surface area (Å²) in [5, 5.41) is 10.6. The molecule has 0 radical (unpaired) electrons. The number of nitrogens with two attached hydrogens (primary N) is 1. The molecule has 64 valence electrons. The second-order valence-electron chi connectivity index (χ2n) is 2.40. The average Bonchev–Trinajstić information content (AvgIpc) is 2.01. The van der Waals surface area contributed by atoms with Crippen molar-refractivity contribution in [2.75, 3.05) is 5.73 Å². The highest BCUT2D eigenvalue weighted by molar-refractivity contribution is 5.64. The van der Waals surface area contributed by atoms with Crippen LogP contribution in [0.15, 0.2) is 24.3 Å². The minimum absolute atomic E-state index is 0.292. The highest BCUT2D eigenvalue weighted by atomic mass is 16.4. The smallest absolute Gasteiger partial charge is 0.404 e. The van der Waals surface area contributed by atoms with Crippen molar-refractivity contribution in [2.24, 2.45) is 0 Å². The quantitative estimate of drug-likeness (QED) is 0.574. The SMILES string of the molecule is Nc1cccc(CNC(=O)O)c1. The Bertz CT molecular complexity index is 286. The first-order chi connectivity index (χ1) is 5.68. The molecule has 1 amide bonds. The zero-order chi connectivity index (χ0) is 8.97. The van der Waals surface area contributed by atoms with Crippen LogP contribution in [0.4, 0.5) is 10.5 Å². The Kier molecular flexibility index (Phi) is 2.53. The molecule has 0 aliphatic heterocycles. The third kappa shape index (κ3) is 2.49. The predicted molar refractivity (Wildman–Crippen MR) is 45.7 cm³/mol. The summed E-state index contributed by atoms with van der Waals surface area (Å²) in [6.45, 7) is 0.292. The van der Waals surface area contributed by atoms with Gasteiger partial charge < -0.3 is 16.2 Å². The van der Waals surface area contributed by atoms with Crippen LogP contribution in [-0.4, -0.2) is 11.2 Å². The Morgan fingerprint density at radius 3 is 2.92 bits per heavy atom. The molecule has 0 spiro atoms. The number of hydrogen-bond donors (Lipinski definition) is 3. The standard InChI is InChI=1S/C8H10N2O2/c9-7-3-1-2-6(4-7)5-10-8(11)12/h1-4,10H,5,9H2,(H,11,12). The van der Waals surface area contributed by atoms with E-state index >= 15 is 0 Å². The van der Waals surface area contributed by atoms with E-state index in [-0.39, 0.29) is 0 Å². The lowest BCUT2D eigenvalue weighted by atomic mass is 10.2. The van der Waals surface area contributed by atoms with E-state index in [1.807, 2.05) is 6.07 Å². The Balaban J connectivity index is 2.57. The van der Waals surface area contributed by atoms with E-state index in [1.54, 1.807) is 18.2 Å². The fourth-order valence-corrected chi connectivity index (χ4v) is 0.881. The van der Waals surface area contributed by atoms with E-state index in [1.165, 1.54) is 0 Å². The Morgan fingerprint density at radius 1 is 1.58 bits per heavy atom. The van der Waals surface area contributed by atoms with Crippen LogP contribution in [0.1, 0.15) is 5.56 Å². The maximum atomic E-state index is 10.1. The predicted octanol–water partition coefficient (Wildman–Crippen LogP) is 1.04. The van der Waals surface area contributed by atoms with Gasteiger partial charge in [-0.05, 0) is 17.7 Å². The maximum absolute atomic E-state index is 10.1. The molecular weight excluding hydrogens is 156 g/mol. The number of nitrogens with one attached hydrogen (secondary N) is 1. The third-order valence-corrected chi connectivity index (χ3v) is 1.39. The molecular formula is C8H10N2O2. The van der Waals surface area contributed by atoms with Crippen molar-refractivity contribution < 1.29 is 9.90 Å². The van der Waals surface area contributed by atoms with Gasteiger partial charge in [-0.15, -0.1) is 0 Å². The van der Waals surface area contributed by atoms with E-state index in [4.69, 9.17) is 10.8 Å². The number of anilines is 1. The first-order valence-corrected chi connectivity index (χ1v) is 3.49. The van der Waals surface area contributed by atoms with Crippen molar-refractivity contribution in [3.05, 3.63) is 29.8 Å². The summed E-state index contributed by atoms with van der Waals surface area (Å²) in [5.41, 5.74) is 6.99. The zero-order valence-electron chi connectivity index (χ0n) is 6.45. The molecule has 0 aliphatic carbocycles. The van der Waals surface area contributed by atoms with Crippen molar-refractivity contribution in [1.82, 2.24) is 5.32 Å². The minimum Gasteiger partial charge on any atom is -0.465 e. The lowest BCUT2D eigenvalue weighted by Gasteiger charge is -2.01. The molecule has 0 heterocycles. The molecule has 0 aromatic heterocycles. The van der Waals surface area contributed by atoms with Gasteiger partial charge in [-0.1, -0.05) is 12.1 Å². The topological polar surface area (TPSA) is 75.3 Å². The van der Waals surface area contributed by atoms with E-state index < -0.39 is 6.09 Å². The van der Waals surface area contributed by atoms with Gasteiger partial charge in [0.1, 0.15) is 0 Å². The summed E-state index contributed by atoms with van der Waals surface area (Å²) in [6.07, 6.45) is -1.03. The van der Waals surface area contributed by atoms with Crippen molar-refractivity contribution in [3.8, 4) is 0 Å². The molecule has 1 aromatic carbocycles. The summed E-state index contributed by atoms with van der Waals surface area (Å²) in [7, 11) is 0. The number of carboxylic acid groups (broad SMARTS) is 1. The summed E-state index contributed by atoms with van der Waals surface area (Å²) >= 11 is 0. The maximum Gasteiger partial charge on any atom is 0.404 e. The molecule has 0 saturated carbocycles. The van der Waals surface area contributed by atoms with Crippen LogP contribution in [0.3, 0.4) is 0 Å². The molecule has 0 fully saturated rings. The van der Waals surface area contributed by atoms with Gasteiger partial charge in [-0.2, -0.15) is 0 Å². The molecule has 0 saturated heterocycles. The molecule has 1 aromatic rings. The fraction of sp³-hybridized carbons (Fsp3) is 0.125. The Labute approximate surface area is 70.0 Å². The first-order valence-electron chi connectivity index (χ1n) is 3.49. The number of benzene rings is 1. The molecule has 1 rings (SSSR count). The third-order valence-electron chi connectivity index (χ3n) is 1.39. The molecule has 12 heavy (non-hydrogen) atoms. The lowest BCUT2D eigenvalue weighted by molar-refractivity contribution is 0.194. The second-order valence-corrected chi connectivity index (χ2v) is 2.40. The summed E-state index contributed by atoms with van der Waals surface area (Å²) < 4.78 is 0. The largest absolute Gasteiger partial charge is 0.465 e. The van der Waals surface area contributed by atoms with Crippen LogP contribution in [-0.2, 0) is 6.54 Å². The number of rotatable bonds is 2. The molecule has 4 N–H and O–H groups in total. The van der Waals surface area contributed by atoms with Gasteiger partial charge in [-0.25, -0.2) is 4.79 Å². The van der Waals surface area contributed by atoms with Gasteiger partial charge in [0.05, 0.1) is 0 Å². The van der Waals surface area contributed by atoms with E-state index in [9.17, 15) is 4.79 Å². The molecule has 0 bridgehead atoms. The van der Waals surface area contributed by atoms with Crippen molar-refractivity contribution in [3.63, 3.8) is 0 Å². The zero-order valence-corrected chi connectivity index (χ0v) is 6.45. The van der Waals surface area contributed by atoms with Crippen LogP contribution in [0.25, 0.3) is 0 Å². The minimum atomic E-state index is -1.03. The summed E-state index contributed by atoms with van der Waals surface area (Å²) in [4.78, 5) is 10.1. The van der Waals surface area contributed by atoms with Gasteiger partial charge in [0.25, 0.3) is 0 Å². The lowest BCUT2D eigenvalue weighted by Crippen LogP contribution is -2.19. The van der Waals surface area contributed by atoms with Gasteiger partial charge in [0.15, 0.2) is 0 Å². The molecule has 0 unspecified atom stereocenters. The second kappa shape index (κ2) is 3.61. The van der Waals surface area contributed by atoms with Crippen molar-refractivity contribution >= 4 is 11.8 Å². The molecule has 4 nitrogen and oxygen atoms in total. The van der Waals surface area contributed by atoms with Crippen LogP contribution in [0, 0.1) is 0 Å². The highest BCUT2D eigenvalue weighted by Gasteiger charge is 1.95. The fourth-order valence-electron chi connectivity index (χ4n) is 0.881. The number of nitrogen functional groups attached to an aromatic ring is 1. The van der Waals surface area contributed by atoms with Crippen LogP contribution in [0.2, 0.25) is 0 Å². The summed E-state index contributed by atoms with van der Waals surface area (Å²) in [5.74, 6) is 0. The van der Waals surface area contributed by atoms with E-state index in [2.05, 4.69) is 5.32 Å². The van der Waals surface area contributed by atoms with E-state index in [0.717, 1.165) is 5.56 Å². The Morgan fingerprint density at radius 2 is 2.33 bits per heavy atom. The van der Waals surface area contributed by atoms with Crippen LogP contribution < -0.4 is 11.1 Å². The first kappa shape index (κ1) is 8.39. The number of amides is 1. The normalized spacial score (nSPS) is 9.33. The van der Waals surface area contributed by atoms with Crippen molar-refractivity contribution in [1.29, 1.82) is 0 Å². The van der Waals surface area contributed by atoms with Gasteiger partial charge >= 0.3 is 6.09 Å². The van der Waals surface area contributed by atoms with Crippen LogP contribution in [0.5, 0.6) is 0 Å². The summed E-state index contributed by atoms with van der Waals surface area (Å²) in [6, 6.07) is 7.08. The van der Waals surface area contributed by atoms with Gasteiger partial charge in [-0.3, -0.25) is 0 Å². The molecule has 0 atom stereocenters. The number of carbonyl (C=O) groups is 1. The molecule has 4 heteroatoms. The number of hydrogen-bond acceptors (Lipinski definition) is 2. The highest BCUT2D eigenvalue weighted by Crippen LogP contribution is 2.05. The molecule has 0 aliphatic rings. The monoisotopic (exact) mass is 166 g/mol.